The van der Waals surface area contributed by atoms with Crippen molar-refractivity contribution in [2.75, 3.05) is 7.05 Å². The van der Waals surface area contributed by atoms with Crippen molar-refractivity contribution in [1.29, 1.82) is 0 Å². The number of phenols is 1. The molecule has 0 bridgehead atoms. The van der Waals surface area contributed by atoms with Crippen molar-refractivity contribution in [2.24, 2.45) is 0 Å². The molecule has 1 aromatic rings. The number of carbonyl (C=O) groups is 1. The van der Waals surface area contributed by atoms with E-state index in [4.69, 9.17) is 0 Å². The Bertz CT molecular complexity index is 350. The van der Waals surface area contributed by atoms with Crippen molar-refractivity contribution in [1.82, 2.24) is 5.32 Å². The topological polar surface area (TPSA) is 49.3 Å². The van der Waals surface area contributed by atoms with Crippen molar-refractivity contribution in [3.8, 4) is 5.75 Å². The number of para-hydroxylation sites is 1. The van der Waals surface area contributed by atoms with E-state index < -0.39 is 0 Å². The number of likely N-dealkylation sites (N-methyl/N-ethyl adjacent to an activating group) is 1. The Balaban J connectivity index is 2.41. The summed E-state index contributed by atoms with van der Waals surface area (Å²) >= 11 is 0. The van der Waals surface area contributed by atoms with Gasteiger partial charge in [0.15, 0.2) is 0 Å². The average molecular weight is 221 g/mol. The zero-order valence-electron chi connectivity index (χ0n) is 9.86. The van der Waals surface area contributed by atoms with Gasteiger partial charge in [0.25, 0.3) is 0 Å². The normalized spacial score (nSPS) is 12.4. The van der Waals surface area contributed by atoms with Crippen LogP contribution in [-0.4, -0.2) is 24.0 Å². The number of benzene rings is 1. The summed E-state index contributed by atoms with van der Waals surface area (Å²) in [4.78, 5) is 11.2. The molecule has 2 N–H and O–H groups in total. The van der Waals surface area contributed by atoms with Gasteiger partial charge in [0.2, 0.25) is 0 Å². The fourth-order valence-electron chi connectivity index (χ4n) is 1.77. The van der Waals surface area contributed by atoms with E-state index in [2.05, 4.69) is 5.32 Å². The van der Waals surface area contributed by atoms with Gasteiger partial charge >= 0.3 is 0 Å². The minimum Gasteiger partial charge on any atom is -0.508 e. The Labute approximate surface area is 96.5 Å². The van der Waals surface area contributed by atoms with Gasteiger partial charge in [-0.15, -0.1) is 0 Å². The largest absolute Gasteiger partial charge is 0.508 e. The average Bonchev–Trinajstić information content (AvgIpc) is 2.26. The molecule has 0 radical (unpaired) electrons. The molecule has 0 aromatic heterocycles. The van der Waals surface area contributed by atoms with Gasteiger partial charge in [0.05, 0.1) is 6.04 Å². The summed E-state index contributed by atoms with van der Waals surface area (Å²) in [5.74, 6) is 0.506. The predicted octanol–water partition coefficient (Wildman–Crippen LogP) is 1.89. The molecule has 1 atom stereocenters. The molecule has 1 rings (SSSR count). The molecule has 0 aliphatic carbocycles. The first kappa shape index (κ1) is 12.7. The Morgan fingerprint density at radius 3 is 2.69 bits per heavy atom. The Morgan fingerprint density at radius 2 is 2.12 bits per heavy atom. The summed E-state index contributed by atoms with van der Waals surface area (Å²) in [7, 11) is 1.80. The first-order chi connectivity index (χ1) is 7.65. The van der Waals surface area contributed by atoms with Crippen molar-refractivity contribution in [3.63, 3.8) is 0 Å². The second-order valence-corrected chi connectivity index (χ2v) is 3.97. The molecule has 88 valence electrons. The quantitative estimate of drug-likeness (QED) is 0.771. The number of aryl methyl sites for hydroxylation is 1. The van der Waals surface area contributed by atoms with Crippen LogP contribution in [0.1, 0.15) is 25.3 Å². The van der Waals surface area contributed by atoms with E-state index in [0.717, 1.165) is 24.8 Å². The zero-order chi connectivity index (χ0) is 12.0. The highest BCUT2D eigenvalue weighted by atomic mass is 16.3. The highest BCUT2D eigenvalue weighted by molar-refractivity contribution is 5.81. The molecule has 0 aliphatic rings. The lowest BCUT2D eigenvalue weighted by Crippen LogP contribution is -2.32. The maximum absolute atomic E-state index is 11.2. The van der Waals surface area contributed by atoms with Crippen molar-refractivity contribution in [3.05, 3.63) is 29.8 Å². The van der Waals surface area contributed by atoms with Gasteiger partial charge < -0.3 is 10.4 Å². The third-order valence-electron chi connectivity index (χ3n) is 2.77. The second kappa shape index (κ2) is 6.28. The highest BCUT2D eigenvalue weighted by Gasteiger charge is 2.10. The number of rotatable bonds is 6. The Hall–Kier alpha value is -1.35. The van der Waals surface area contributed by atoms with Gasteiger partial charge in [-0.25, -0.2) is 0 Å². The lowest BCUT2D eigenvalue weighted by molar-refractivity contribution is -0.119. The van der Waals surface area contributed by atoms with E-state index in [9.17, 15) is 9.90 Å². The second-order valence-electron chi connectivity index (χ2n) is 3.97. The number of hydrogen-bond donors (Lipinski definition) is 2. The summed E-state index contributed by atoms with van der Waals surface area (Å²) in [5, 5.41) is 12.5. The summed E-state index contributed by atoms with van der Waals surface area (Å²) in [5.41, 5.74) is 0.945. The van der Waals surface area contributed by atoms with E-state index in [1.165, 1.54) is 0 Å². The van der Waals surface area contributed by atoms with Crippen molar-refractivity contribution >= 4 is 5.78 Å². The predicted molar refractivity (Wildman–Crippen MR) is 64.6 cm³/mol. The number of aromatic hydroxyl groups is 1. The number of carbonyl (C=O) groups excluding carboxylic acids is 1. The van der Waals surface area contributed by atoms with E-state index in [1.54, 1.807) is 20.0 Å². The molecule has 3 nitrogen and oxygen atoms in total. The standard InChI is InChI=1S/C13H19NO2/c1-10(15)12(14-2)8-5-7-11-6-3-4-9-13(11)16/h3-4,6,9,12,14,16H,5,7-8H2,1-2H3. The number of Topliss-reactive ketones (excluding diaryl/α,β-unsaturated/α-hetero) is 1. The number of hydrogen-bond acceptors (Lipinski definition) is 3. The molecule has 0 saturated carbocycles. The van der Waals surface area contributed by atoms with Crippen LogP contribution in [0.4, 0.5) is 0 Å². The molecule has 0 amide bonds. The molecule has 1 unspecified atom stereocenters. The van der Waals surface area contributed by atoms with Crippen LogP contribution in [0.15, 0.2) is 24.3 Å². The molecular weight excluding hydrogens is 202 g/mol. The molecule has 0 saturated heterocycles. The lowest BCUT2D eigenvalue weighted by Gasteiger charge is -2.12. The van der Waals surface area contributed by atoms with Crippen LogP contribution in [0.5, 0.6) is 5.75 Å². The van der Waals surface area contributed by atoms with Crippen LogP contribution in [0, 0.1) is 0 Å². The summed E-state index contributed by atoms with van der Waals surface area (Å²) in [6.07, 6.45) is 2.50. The maximum Gasteiger partial charge on any atom is 0.146 e. The number of phenolic OH excluding ortho intramolecular Hbond substituents is 1. The fourth-order valence-corrected chi connectivity index (χ4v) is 1.77. The zero-order valence-corrected chi connectivity index (χ0v) is 9.86. The van der Waals surface area contributed by atoms with Crippen molar-refractivity contribution in [2.45, 2.75) is 32.2 Å². The first-order valence-electron chi connectivity index (χ1n) is 5.59. The van der Waals surface area contributed by atoms with Gasteiger partial charge in [-0.1, -0.05) is 18.2 Å². The Morgan fingerprint density at radius 1 is 1.44 bits per heavy atom. The van der Waals surface area contributed by atoms with Gasteiger partial charge in [-0.3, -0.25) is 4.79 Å². The third-order valence-corrected chi connectivity index (χ3v) is 2.77. The molecule has 3 heteroatoms. The molecule has 16 heavy (non-hydrogen) atoms. The van der Waals surface area contributed by atoms with Crippen LogP contribution in [0.25, 0.3) is 0 Å². The van der Waals surface area contributed by atoms with Crippen LogP contribution in [-0.2, 0) is 11.2 Å². The van der Waals surface area contributed by atoms with E-state index in [0.29, 0.717) is 5.75 Å². The van der Waals surface area contributed by atoms with Gasteiger partial charge in [-0.05, 0) is 44.9 Å². The van der Waals surface area contributed by atoms with Gasteiger partial charge in [0.1, 0.15) is 11.5 Å². The summed E-state index contributed by atoms with van der Waals surface area (Å²) < 4.78 is 0. The summed E-state index contributed by atoms with van der Waals surface area (Å²) in [6.45, 7) is 1.60. The number of ketones is 1. The Kier molecular flexibility index (Phi) is 4.99. The minimum absolute atomic E-state index is 0.0640. The van der Waals surface area contributed by atoms with Crippen LogP contribution in [0.3, 0.4) is 0 Å². The van der Waals surface area contributed by atoms with Gasteiger partial charge in [-0.2, -0.15) is 0 Å². The van der Waals surface area contributed by atoms with Crippen molar-refractivity contribution < 1.29 is 9.90 Å². The smallest absolute Gasteiger partial charge is 0.146 e. The van der Waals surface area contributed by atoms with E-state index in [-0.39, 0.29) is 11.8 Å². The molecule has 1 aromatic carbocycles. The molecule has 0 heterocycles. The van der Waals surface area contributed by atoms with E-state index >= 15 is 0 Å². The van der Waals surface area contributed by atoms with Gasteiger partial charge in [0, 0.05) is 0 Å². The SMILES string of the molecule is CNC(CCCc1ccccc1O)C(C)=O. The first-order valence-corrected chi connectivity index (χ1v) is 5.59. The molecule has 0 fully saturated rings. The summed E-state index contributed by atoms with van der Waals surface area (Å²) in [6, 6.07) is 7.26. The van der Waals surface area contributed by atoms with Crippen LogP contribution < -0.4 is 5.32 Å². The number of nitrogens with one attached hydrogen (secondary N) is 1. The monoisotopic (exact) mass is 221 g/mol. The highest BCUT2D eigenvalue weighted by Crippen LogP contribution is 2.18. The third kappa shape index (κ3) is 3.66. The minimum atomic E-state index is -0.0640. The molecule has 0 spiro atoms. The fraction of sp³-hybridized carbons (Fsp3) is 0.462. The lowest BCUT2D eigenvalue weighted by atomic mass is 10.0. The molecular formula is C13H19NO2. The maximum atomic E-state index is 11.2. The molecule has 0 aliphatic heterocycles. The van der Waals surface area contributed by atoms with Crippen LogP contribution in [0.2, 0.25) is 0 Å². The van der Waals surface area contributed by atoms with Crippen LogP contribution >= 0.6 is 0 Å². The van der Waals surface area contributed by atoms with E-state index in [1.807, 2.05) is 18.2 Å².